The smallest absolute Gasteiger partial charge is 0.242 e. The Hall–Kier alpha value is -0.430. The summed E-state index contributed by atoms with van der Waals surface area (Å²) in [6, 6.07) is 0. The molecule has 0 unspecified atom stereocenters. The normalized spacial score (nSPS) is 18.6. The first-order valence-corrected chi connectivity index (χ1v) is 8.52. The molecule has 1 aliphatic rings. The molecule has 1 aromatic heterocycles. The summed E-state index contributed by atoms with van der Waals surface area (Å²) in [5, 5.41) is 11.0. The van der Waals surface area contributed by atoms with Gasteiger partial charge in [0.05, 0.1) is 11.5 Å². The van der Waals surface area contributed by atoms with Gasteiger partial charge in [-0.2, -0.15) is 0 Å². The highest BCUT2D eigenvalue weighted by atomic mass is 32.2. The zero-order chi connectivity index (χ0) is 13.4. The van der Waals surface area contributed by atoms with Crippen LogP contribution in [0.1, 0.15) is 43.0 Å². The van der Waals surface area contributed by atoms with Crippen molar-refractivity contribution < 1.29 is 13.5 Å². The number of sulfonamides is 1. The van der Waals surface area contributed by atoms with E-state index in [1.165, 1.54) is 11.3 Å². The summed E-state index contributed by atoms with van der Waals surface area (Å²) in [6.45, 7) is 3.55. The predicted molar refractivity (Wildman–Crippen MR) is 72.2 cm³/mol. The summed E-state index contributed by atoms with van der Waals surface area (Å²) < 4.78 is 27.7. The molecule has 1 fully saturated rings. The van der Waals surface area contributed by atoms with E-state index in [0.29, 0.717) is 10.4 Å². The Morgan fingerprint density at radius 1 is 1.50 bits per heavy atom. The lowest BCUT2D eigenvalue weighted by Gasteiger charge is -2.41. The van der Waals surface area contributed by atoms with Gasteiger partial charge in [0.2, 0.25) is 10.0 Å². The Bertz CT molecular complexity index is 524. The van der Waals surface area contributed by atoms with Gasteiger partial charge in [0.15, 0.2) is 0 Å². The van der Waals surface area contributed by atoms with Gasteiger partial charge in [-0.3, -0.25) is 0 Å². The Balaban J connectivity index is 2.33. The highest BCUT2D eigenvalue weighted by Crippen LogP contribution is 2.37. The molecule has 0 radical (unpaired) electrons. The number of rotatable bonds is 5. The van der Waals surface area contributed by atoms with E-state index in [-0.39, 0.29) is 17.0 Å². The maximum Gasteiger partial charge on any atom is 0.242 e. The summed E-state index contributed by atoms with van der Waals surface area (Å²) in [6.07, 6.45) is 3.69. The number of aryl methyl sites for hydroxylation is 1. The maximum atomic E-state index is 12.4. The molecule has 18 heavy (non-hydrogen) atoms. The van der Waals surface area contributed by atoms with Gasteiger partial charge in [-0.05, 0) is 43.6 Å². The Kier molecular flexibility index (Phi) is 3.82. The molecule has 0 bridgehead atoms. The first kappa shape index (κ1) is 14.0. The van der Waals surface area contributed by atoms with Crippen molar-refractivity contribution in [2.45, 2.75) is 56.6 Å². The molecule has 0 aliphatic heterocycles. The molecule has 6 heteroatoms. The third-order valence-electron chi connectivity index (χ3n) is 3.74. The molecule has 0 atom stereocenters. The summed E-state index contributed by atoms with van der Waals surface area (Å²) in [5.41, 5.74) is 0.446. The van der Waals surface area contributed by atoms with Crippen molar-refractivity contribution in [2.24, 2.45) is 0 Å². The van der Waals surface area contributed by atoms with Crippen LogP contribution in [0.15, 0.2) is 10.3 Å². The van der Waals surface area contributed by atoms with Crippen molar-refractivity contribution in [1.29, 1.82) is 0 Å². The highest BCUT2D eigenvalue weighted by Gasteiger charge is 2.40. The monoisotopic (exact) mass is 289 g/mol. The second-order valence-corrected chi connectivity index (χ2v) is 7.51. The molecular weight excluding hydrogens is 270 g/mol. The van der Waals surface area contributed by atoms with Crippen LogP contribution in [0.5, 0.6) is 0 Å². The van der Waals surface area contributed by atoms with Crippen LogP contribution in [0.2, 0.25) is 0 Å². The van der Waals surface area contributed by atoms with Crippen LogP contribution in [-0.2, 0) is 16.6 Å². The average molecular weight is 289 g/mol. The summed E-state index contributed by atoms with van der Waals surface area (Å²) in [4.78, 5) is 0.792. The average Bonchev–Trinajstić information content (AvgIpc) is 2.66. The van der Waals surface area contributed by atoms with Crippen LogP contribution in [0, 0.1) is 6.92 Å². The van der Waals surface area contributed by atoms with E-state index < -0.39 is 10.0 Å². The minimum absolute atomic E-state index is 0.228. The van der Waals surface area contributed by atoms with Crippen molar-refractivity contribution in [1.82, 2.24) is 4.72 Å². The zero-order valence-corrected chi connectivity index (χ0v) is 12.3. The third kappa shape index (κ3) is 2.34. The summed E-state index contributed by atoms with van der Waals surface area (Å²) in [5.74, 6) is 0. The van der Waals surface area contributed by atoms with Gasteiger partial charge in [-0.1, -0.05) is 6.92 Å². The van der Waals surface area contributed by atoms with Crippen molar-refractivity contribution in [3.05, 3.63) is 15.8 Å². The number of aliphatic hydroxyl groups is 1. The van der Waals surface area contributed by atoms with Crippen LogP contribution < -0.4 is 4.72 Å². The fourth-order valence-corrected chi connectivity index (χ4v) is 5.62. The summed E-state index contributed by atoms with van der Waals surface area (Å²) >= 11 is 1.29. The van der Waals surface area contributed by atoms with Gasteiger partial charge >= 0.3 is 0 Å². The standard InChI is InChI=1S/C12H19NO3S2/c1-3-12(5-4-6-12)13-18(15,16)11-9(2)8-17-10(11)7-14/h8,13-14H,3-7H2,1-2H3. The molecule has 4 nitrogen and oxygen atoms in total. The minimum atomic E-state index is -3.52. The SMILES string of the molecule is CCC1(NS(=O)(=O)c2c(C)csc2CO)CCC1. The van der Waals surface area contributed by atoms with Crippen LogP contribution in [0.25, 0.3) is 0 Å². The molecule has 1 saturated carbocycles. The van der Waals surface area contributed by atoms with Gasteiger partial charge < -0.3 is 5.11 Å². The quantitative estimate of drug-likeness (QED) is 0.873. The van der Waals surface area contributed by atoms with Gasteiger partial charge in [-0.15, -0.1) is 11.3 Å². The third-order valence-corrected chi connectivity index (χ3v) is 6.77. The number of hydrogen-bond acceptors (Lipinski definition) is 4. The molecule has 0 spiro atoms. The Labute approximate surface area is 112 Å². The first-order chi connectivity index (χ1) is 8.44. The van der Waals surface area contributed by atoms with Gasteiger partial charge in [-0.25, -0.2) is 13.1 Å². The lowest BCUT2D eigenvalue weighted by Crippen LogP contribution is -2.52. The van der Waals surface area contributed by atoms with E-state index in [4.69, 9.17) is 0 Å². The van der Waals surface area contributed by atoms with Crippen molar-refractivity contribution in [3.63, 3.8) is 0 Å². The minimum Gasteiger partial charge on any atom is -0.391 e. The topological polar surface area (TPSA) is 66.4 Å². The fraction of sp³-hybridized carbons (Fsp3) is 0.667. The van der Waals surface area contributed by atoms with Gasteiger partial charge in [0, 0.05) is 5.54 Å². The van der Waals surface area contributed by atoms with E-state index in [1.807, 2.05) is 6.92 Å². The molecule has 0 aromatic carbocycles. The number of nitrogens with one attached hydrogen (secondary N) is 1. The molecular formula is C12H19NO3S2. The molecule has 102 valence electrons. The first-order valence-electron chi connectivity index (χ1n) is 6.16. The second kappa shape index (κ2) is 4.92. The van der Waals surface area contributed by atoms with Gasteiger partial charge in [0.25, 0.3) is 0 Å². The zero-order valence-electron chi connectivity index (χ0n) is 10.7. The van der Waals surface area contributed by atoms with E-state index in [9.17, 15) is 13.5 Å². The molecule has 1 aliphatic carbocycles. The predicted octanol–water partition coefficient (Wildman–Crippen LogP) is 2.16. The van der Waals surface area contributed by atoms with Crippen LogP contribution >= 0.6 is 11.3 Å². The Morgan fingerprint density at radius 2 is 2.17 bits per heavy atom. The molecule has 1 aromatic rings. The summed E-state index contributed by atoms with van der Waals surface area (Å²) in [7, 11) is -3.52. The van der Waals surface area contributed by atoms with E-state index in [0.717, 1.165) is 25.7 Å². The maximum absolute atomic E-state index is 12.4. The van der Waals surface area contributed by atoms with Crippen LogP contribution in [-0.4, -0.2) is 19.1 Å². The van der Waals surface area contributed by atoms with Crippen molar-refractivity contribution >= 4 is 21.4 Å². The molecule has 0 saturated heterocycles. The fourth-order valence-electron chi connectivity index (χ4n) is 2.42. The van der Waals surface area contributed by atoms with E-state index in [2.05, 4.69) is 4.72 Å². The molecule has 1 heterocycles. The van der Waals surface area contributed by atoms with Crippen molar-refractivity contribution in [2.75, 3.05) is 0 Å². The van der Waals surface area contributed by atoms with Crippen LogP contribution in [0.4, 0.5) is 0 Å². The molecule has 2 N–H and O–H groups in total. The van der Waals surface area contributed by atoms with Crippen molar-refractivity contribution in [3.8, 4) is 0 Å². The number of aliphatic hydroxyl groups excluding tert-OH is 1. The lowest BCUT2D eigenvalue weighted by molar-refractivity contribution is 0.213. The van der Waals surface area contributed by atoms with E-state index >= 15 is 0 Å². The molecule has 2 rings (SSSR count). The second-order valence-electron chi connectivity index (χ2n) is 4.92. The molecule has 0 amide bonds. The Morgan fingerprint density at radius 3 is 2.61 bits per heavy atom. The number of hydrogen-bond donors (Lipinski definition) is 2. The highest BCUT2D eigenvalue weighted by molar-refractivity contribution is 7.89. The van der Waals surface area contributed by atoms with Gasteiger partial charge in [0.1, 0.15) is 4.90 Å². The van der Waals surface area contributed by atoms with E-state index in [1.54, 1.807) is 12.3 Å². The number of thiophene rings is 1. The van der Waals surface area contributed by atoms with Crippen LogP contribution in [0.3, 0.4) is 0 Å². The largest absolute Gasteiger partial charge is 0.391 e. The lowest BCUT2D eigenvalue weighted by atomic mass is 9.76.